The minimum Gasteiger partial charge on any atom is -0.378 e. The smallest absolute Gasteiger partial charge is 0.264 e. The van der Waals surface area contributed by atoms with Gasteiger partial charge >= 0.3 is 0 Å². The number of nitriles is 1. The van der Waals surface area contributed by atoms with E-state index in [9.17, 15) is 4.79 Å². The molecule has 0 aromatic heterocycles. The molecule has 1 aliphatic rings. The summed E-state index contributed by atoms with van der Waals surface area (Å²) in [5.41, 5.74) is 0.856. The van der Waals surface area contributed by atoms with Crippen molar-refractivity contribution in [2.24, 2.45) is 0 Å². The Morgan fingerprint density at radius 1 is 1.42 bits per heavy atom. The van der Waals surface area contributed by atoms with E-state index in [1.165, 1.54) is 0 Å². The highest BCUT2D eigenvalue weighted by atomic mass is 35.5. The van der Waals surface area contributed by atoms with Gasteiger partial charge in [-0.05, 0) is 23.8 Å². The third kappa shape index (κ3) is 3.57. The highest BCUT2D eigenvalue weighted by Gasteiger charge is 2.20. The Morgan fingerprint density at radius 3 is 2.79 bits per heavy atom. The number of amides is 1. The summed E-state index contributed by atoms with van der Waals surface area (Å²) in [4.78, 5) is 13.8. The van der Waals surface area contributed by atoms with Gasteiger partial charge in [-0.1, -0.05) is 23.7 Å². The van der Waals surface area contributed by atoms with Crippen molar-refractivity contribution in [3.05, 3.63) is 40.4 Å². The molecular weight excluding hydrogens is 264 g/mol. The summed E-state index contributed by atoms with van der Waals surface area (Å²) in [6.07, 6.45) is 1.56. The number of hydrogen-bond donors (Lipinski definition) is 0. The molecule has 98 valence electrons. The monoisotopic (exact) mass is 276 g/mol. The number of hydrogen-bond acceptors (Lipinski definition) is 3. The second-order valence-corrected chi connectivity index (χ2v) is 4.57. The first kappa shape index (κ1) is 13.6. The van der Waals surface area contributed by atoms with Gasteiger partial charge < -0.3 is 9.64 Å². The molecule has 1 fully saturated rings. The number of halogens is 1. The first-order valence-corrected chi connectivity index (χ1v) is 6.33. The number of rotatable bonds is 2. The van der Waals surface area contributed by atoms with Gasteiger partial charge in [-0.25, -0.2) is 0 Å². The summed E-state index contributed by atoms with van der Waals surface area (Å²) in [5.74, 6) is -0.259. The van der Waals surface area contributed by atoms with Crippen LogP contribution >= 0.6 is 11.6 Å². The number of benzene rings is 1. The van der Waals surface area contributed by atoms with E-state index in [1.54, 1.807) is 35.2 Å². The van der Waals surface area contributed by atoms with Gasteiger partial charge in [-0.3, -0.25) is 4.79 Å². The molecule has 0 atom stereocenters. The van der Waals surface area contributed by atoms with Gasteiger partial charge in [0, 0.05) is 18.1 Å². The Kier molecular flexibility index (Phi) is 4.56. The standard InChI is InChI=1S/C14H13ClN2O2/c15-13-3-1-2-11(9-13)8-12(10-16)14(18)17-4-6-19-7-5-17/h1-3,8-9H,4-7H2/b12-8+. The number of carbonyl (C=O) groups is 1. The second-order valence-electron chi connectivity index (χ2n) is 4.13. The topological polar surface area (TPSA) is 53.3 Å². The van der Waals surface area contributed by atoms with Gasteiger partial charge in [-0.2, -0.15) is 5.26 Å². The Bertz CT molecular complexity index is 543. The summed E-state index contributed by atoms with van der Waals surface area (Å²) in [7, 11) is 0. The number of carbonyl (C=O) groups excluding carboxylic acids is 1. The van der Waals surface area contributed by atoms with E-state index in [0.717, 1.165) is 5.56 Å². The fourth-order valence-electron chi connectivity index (χ4n) is 1.84. The SMILES string of the molecule is N#C/C(=C\c1cccc(Cl)c1)C(=O)N1CCOCC1. The molecule has 5 heteroatoms. The predicted molar refractivity (Wildman–Crippen MR) is 72.4 cm³/mol. The van der Waals surface area contributed by atoms with Crippen molar-refractivity contribution in [3.8, 4) is 6.07 Å². The molecule has 0 bridgehead atoms. The van der Waals surface area contributed by atoms with E-state index < -0.39 is 0 Å². The molecule has 0 saturated carbocycles. The van der Waals surface area contributed by atoms with E-state index in [0.29, 0.717) is 31.3 Å². The van der Waals surface area contributed by atoms with Crippen molar-refractivity contribution >= 4 is 23.6 Å². The van der Waals surface area contributed by atoms with Gasteiger partial charge in [-0.15, -0.1) is 0 Å². The summed E-state index contributed by atoms with van der Waals surface area (Å²) in [5, 5.41) is 9.70. The Hall–Kier alpha value is -1.83. The molecule has 19 heavy (non-hydrogen) atoms. The molecule has 1 heterocycles. The van der Waals surface area contributed by atoms with Gasteiger partial charge in [0.05, 0.1) is 13.2 Å². The number of morpholine rings is 1. The highest BCUT2D eigenvalue weighted by Crippen LogP contribution is 2.15. The van der Waals surface area contributed by atoms with Crippen LogP contribution in [-0.2, 0) is 9.53 Å². The van der Waals surface area contributed by atoms with E-state index in [1.807, 2.05) is 6.07 Å². The van der Waals surface area contributed by atoms with E-state index >= 15 is 0 Å². The van der Waals surface area contributed by atoms with Gasteiger partial charge in [0.1, 0.15) is 11.6 Å². The second kappa shape index (κ2) is 6.37. The van der Waals surface area contributed by atoms with Crippen LogP contribution in [-0.4, -0.2) is 37.1 Å². The molecule has 1 saturated heterocycles. The lowest BCUT2D eigenvalue weighted by molar-refractivity contribution is -0.130. The minimum absolute atomic E-state index is 0.115. The summed E-state index contributed by atoms with van der Waals surface area (Å²) >= 11 is 5.88. The largest absolute Gasteiger partial charge is 0.378 e. The summed E-state index contributed by atoms with van der Waals surface area (Å²) in [6.45, 7) is 2.07. The zero-order valence-electron chi connectivity index (χ0n) is 10.3. The van der Waals surface area contributed by atoms with E-state index in [2.05, 4.69) is 0 Å². The molecule has 1 aromatic carbocycles. The van der Waals surface area contributed by atoms with Crippen molar-refractivity contribution < 1.29 is 9.53 Å². The summed E-state index contributed by atoms with van der Waals surface area (Å²) < 4.78 is 5.18. The average molecular weight is 277 g/mol. The number of nitrogens with zero attached hydrogens (tertiary/aromatic N) is 2. The van der Waals surface area contributed by atoms with Gasteiger partial charge in [0.25, 0.3) is 5.91 Å². The van der Waals surface area contributed by atoms with Crippen molar-refractivity contribution in [1.82, 2.24) is 4.90 Å². The molecule has 0 aliphatic carbocycles. The normalized spacial score (nSPS) is 16.0. The van der Waals surface area contributed by atoms with Crippen molar-refractivity contribution in [2.45, 2.75) is 0 Å². The van der Waals surface area contributed by atoms with Crippen LogP contribution in [0, 0.1) is 11.3 Å². The molecule has 1 aromatic rings. The van der Waals surface area contributed by atoms with E-state index in [-0.39, 0.29) is 11.5 Å². The van der Waals surface area contributed by atoms with Crippen LogP contribution in [0.3, 0.4) is 0 Å². The highest BCUT2D eigenvalue weighted by molar-refractivity contribution is 6.30. The molecule has 0 spiro atoms. The minimum atomic E-state index is -0.259. The third-order valence-corrected chi connectivity index (χ3v) is 3.04. The lowest BCUT2D eigenvalue weighted by Gasteiger charge is -2.26. The lowest BCUT2D eigenvalue weighted by atomic mass is 10.1. The fourth-order valence-corrected chi connectivity index (χ4v) is 2.04. The molecule has 2 rings (SSSR count). The maximum Gasteiger partial charge on any atom is 0.264 e. The fraction of sp³-hybridized carbons (Fsp3) is 0.286. The van der Waals surface area contributed by atoms with Crippen LogP contribution in [0.4, 0.5) is 0 Å². The Morgan fingerprint density at radius 2 is 2.16 bits per heavy atom. The van der Waals surface area contributed by atoms with Crippen molar-refractivity contribution in [3.63, 3.8) is 0 Å². The molecular formula is C14H13ClN2O2. The molecule has 1 aliphatic heterocycles. The molecule has 1 amide bonds. The zero-order chi connectivity index (χ0) is 13.7. The van der Waals surface area contributed by atoms with Crippen LogP contribution in [0.2, 0.25) is 5.02 Å². The average Bonchev–Trinajstić information content (AvgIpc) is 2.45. The van der Waals surface area contributed by atoms with Crippen LogP contribution < -0.4 is 0 Å². The summed E-state index contributed by atoms with van der Waals surface area (Å²) in [6, 6.07) is 8.99. The lowest BCUT2D eigenvalue weighted by Crippen LogP contribution is -2.41. The first-order chi connectivity index (χ1) is 9.20. The third-order valence-electron chi connectivity index (χ3n) is 2.81. The van der Waals surface area contributed by atoms with Crippen molar-refractivity contribution in [2.75, 3.05) is 26.3 Å². The maximum absolute atomic E-state index is 12.2. The first-order valence-electron chi connectivity index (χ1n) is 5.95. The molecule has 4 nitrogen and oxygen atoms in total. The quantitative estimate of drug-likeness (QED) is 0.614. The van der Waals surface area contributed by atoms with Gasteiger partial charge in [0.15, 0.2) is 0 Å². The number of ether oxygens (including phenoxy) is 1. The Labute approximate surface area is 116 Å². The molecule has 0 unspecified atom stereocenters. The van der Waals surface area contributed by atoms with Crippen LogP contribution in [0.15, 0.2) is 29.8 Å². The molecule has 0 N–H and O–H groups in total. The van der Waals surface area contributed by atoms with E-state index in [4.69, 9.17) is 21.6 Å². The Balaban J connectivity index is 2.19. The van der Waals surface area contributed by atoms with Crippen LogP contribution in [0.5, 0.6) is 0 Å². The van der Waals surface area contributed by atoms with Crippen LogP contribution in [0.1, 0.15) is 5.56 Å². The zero-order valence-corrected chi connectivity index (χ0v) is 11.1. The van der Waals surface area contributed by atoms with Crippen molar-refractivity contribution in [1.29, 1.82) is 5.26 Å². The van der Waals surface area contributed by atoms with Gasteiger partial charge in [0.2, 0.25) is 0 Å². The van der Waals surface area contributed by atoms with Crippen LogP contribution in [0.25, 0.3) is 6.08 Å². The maximum atomic E-state index is 12.2. The predicted octanol–water partition coefficient (Wildman–Crippen LogP) is 2.11. The molecule has 0 radical (unpaired) electrons.